The Morgan fingerprint density at radius 2 is 1.73 bits per heavy atom. The Kier molecular flexibility index (Phi) is 5.74. The number of aryl methyl sites for hydroxylation is 1. The summed E-state index contributed by atoms with van der Waals surface area (Å²) in [6, 6.07) is 13.9. The average molecular weight is 460 g/mol. The van der Waals surface area contributed by atoms with Gasteiger partial charge in [-0.15, -0.1) is 0 Å². The second-order valence-corrected chi connectivity index (χ2v) is 9.85. The van der Waals surface area contributed by atoms with Crippen LogP contribution in [0.15, 0.2) is 54.1 Å². The van der Waals surface area contributed by atoms with Gasteiger partial charge in [-0.1, -0.05) is 30.3 Å². The molecule has 2 aliphatic rings. The van der Waals surface area contributed by atoms with Crippen LogP contribution in [0, 0.1) is 6.92 Å². The molecule has 0 unspecified atom stereocenters. The van der Waals surface area contributed by atoms with Crippen molar-refractivity contribution >= 4 is 52.2 Å². The minimum Gasteiger partial charge on any atom is -0.360 e. The predicted molar refractivity (Wildman–Crippen MR) is 139 cm³/mol. The van der Waals surface area contributed by atoms with Gasteiger partial charge in [-0.05, 0) is 94.7 Å². The first-order valence-corrected chi connectivity index (χ1v) is 11.5. The molecule has 0 radical (unpaired) electrons. The lowest BCUT2D eigenvalue weighted by atomic mass is 9.86. The number of nitrogens with one attached hydrogen (secondary N) is 1. The molecular weight excluding hydrogens is 430 g/mol. The largest absolute Gasteiger partial charge is 0.360 e. The monoisotopic (exact) mass is 459 g/mol. The quantitative estimate of drug-likeness (QED) is 0.388. The van der Waals surface area contributed by atoms with Crippen LogP contribution in [0.5, 0.6) is 0 Å². The van der Waals surface area contributed by atoms with Crippen molar-refractivity contribution in [2.45, 2.75) is 53.1 Å². The van der Waals surface area contributed by atoms with E-state index in [1.54, 1.807) is 6.08 Å². The van der Waals surface area contributed by atoms with Gasteiger partial charge in [0.15, 0.2) is 5.11 Å². The second-order valence-electron chi connectivity index (χ2n) is 9.47. The molecule has 2 aliphatic heterocycles. The lowest BCUT2D eigenvalue weighted by Gasteiger charge is -2.46. The maximum absolute atomic E-state index is 13.4. The highest BCUT2D eigenvalue weighted by Gasteiger charge is 2.36. The molecule has 6 heteroatoms. The molecule has 2 aromatic rings. The summed E-state index contributed by atoms with van der Waals surface area (Å²) in [6.07, 6.45) is 3.92. The molecule has 1 fully saturated rings. The Balaban J connectivity index is 1.77. The number of fused-ring (bicyclic) bond motifs is 1. The molecular formula is C27H29N3O2S. The summed E-state index contributed by atoms with van der Waals surface area (Å²) in [4.78, 5) is 29.9. The van der Waals surface area contributed by atoms with E-state index >= 15 is 0 Å². The van der Waals surface area contributed by atoms with E-state index in [9.17, 15) is 9.59 Å². The minimum absolute atomic E-state index is 0.0605. The molecule has 2 heterocycles. The van der Waals surface area contributed by atoms with E-state index in [4.69, 9.17) is 12.2 Å². The van der Waals surface area contributed by atoms with Gasteiger partial charge in [-0.3, -0.25) is 19.8 Å². The highest BCUT2D eigenvalue weighted by molar-refractivity contribution is 7.80. The van der Waals surface area contributed by atoms with E-state index in [1.165, 1.54) is 10.5 Å². The highest BCUT2D eigenvalue weighted by Crippen LogP contribution is 2.40. The number of hydrogen-bond donors (Lipinski definition) is 1. The Morgan fingerprint density at radius 3 is 2.39 bits per heavy atom. The van der Waals surface area contributed by atoms with Gasteiger partial charge < -0.3 is 4.90 Å². The Morgan fingerprint density at radius 1 is 1.03 bits per heavy atom. The molecule has 1 saturated heterocycles. The van der Waals surface area contributed by atoms with Crippen molar-refractivity contribution in [3.05, 3.63) is 70.8 Å². The fraction of sp³-hybridized carbons (Fsp3) is 0.296. The summed E-state index contributed by atoms with van der Waals surface area (Å²) in [7, 11) is 0. The zero-order valence-corrected chi connectivity index (χ0v) is 20.7. The molecule has 0 saturated carbocycles. The first-order chi connectivity index (χ1) is 15.5. The summed E-state index contributed by atoms with van der Waals surface area (Å²) in [5, 5.41) is 2.76. The van der Waals surface area contributed by atoms with Crippen LogP contribution in [0.3, 0.4) is 0 Å². The summed E-state index contributed by atoms with van der Waals surface area (Å²) in [5.74, 6) is -0.905. The van der Waals surface area contributed by atoms with Crippen LogP contribution in [0.2, 0.25) is 0 Å². The maximum atomic E-state index is 13.4. The number of anilines is 2. The molecule has 5 nitrogen and oxygen atoms in total. The number of allylic oxidation sites excluding steroid dienone is 1. The molecule has 1 N–H and O–H groups in total. The summed E-state index contributed by atoms with van der Waals surface area (Å²) < 4.78 is 0. The highest BCUT2D eigenvalue weighted by atomic mass is 32.1. The second kappa shape index (κ2) is 8.27. The third-order valence-electron chi connectivity index (χ3n) is 6.18. The zero-order valence-electron chi connectivity index (χ0n) is 19.9. The van der Waals surface area contributed by atoms with Gasteiger partial charge in [-0.2, -0.15) is 0 Å². The fourth-order valence-corrected chi connectivity index (χ4v) is 5.23. The SMILES string of the molecule is CC1=CC(C)(C)N(C(C)C)c2ccc(/C=C3\C(=O)NC(=S)N(c4ccccc4C)C3=O)cc21. The van der Waals surface area contributed by atoms with Crippen LogP contribution >= 0.6 is 12.2 Å². The number of nitrogens with zero attached hydrogens (tertiary/aromatic N) is 2. The third kappa shape index (κ3) is 4.00. The van der Waals surface area contributed by atoms with E-state index < -0.39 is 11.8 Å². The first-order valence-electron chi connectivity index (χ1n) is 11.1. The van der Waals surface area contributed by atoms with Crippen LogP contribution in [-0.4, -0.2) is 28.5 Å². The van der Waals surface area contributed by atoms with Crippen molar-refractivity contribution in [3.8, 4) is 0 Å². The number of amides is 2. The Bertz CT molecular complexity index is 1240. The molecule has 4 rings (SSSR count). The number of rotatable bonds is 3. The average Bonchev–Trinajstić information content (AvgIpc) is 2.71. The van der Waals surface area contributed by atoms with Gasteiger partial charge in [0.05, 0.1) is 11.2 Å². The molecule has 0 bridgehead atoms. The van der Waals surface area contributed by atoms with E-state index in [-0.39, 0.29) is 16.2 Å². The molecule has 0 spiro atoms. The number of benzene rings is 2. The smallest absolute Gasteiger partial charge is 0.270 e. The van der Waals surface area contributed by atoms with E-state index in [0.717, 1.165) is 22.4 Å². The lowest BCUT2D eigenvalue weighted by Crippen LogP contribution is -2.54. The molecule has 2 amide bonds. The van der Waals surface area contributed by atoms with E-state index in [1.807, 2.05) is 43.3 Å². The normalized spacial score (nSPS) is 19.1. The van der Waals surface area contributed by atoms with Crippen molar-refractivity contribution in [1.82, 2.24) is 5.32 Å². The number of thiocarbonyl (C=S) groups is 1. The number of carbonyl (C=O) groups excluding carboxylic acids is 2. The summed E-state index contributed by atoms with van der Waals surface area (Å²) >= 11 is 5.33. The van der Waals surface area contributed by atoms with Crippen molar-refractivity contribution in [1.29, 1.82) is 0 Å². The Labute approximate surface area is 200 Å². The van der Waals surface area contributed by atoms with Gasteiger partial charge in [0.25, 0.3) is 11.8 Å². The van der Waals surface area contributed by atoms with Gasteiger partial charge in [-0.25, -0.2) is 0 Å². The van der Waals surface area contributed by atoms with Crippen molar-refractivity contribution in [2.24, 2.45) is 0 Å². The molecule has 2 aromatic carbocycles. The lowest BCUT2D eigenvalue weighted by molar-refractivity contribution is -0.122. The van der Waals surface area contributed by atoms with Gasteiger partial charge in [0.2, 0.25) is 0 Å². The van der Waals surface area contributed by atoms with Crippen LogP contribution < -0.4 is 15.1 Å². The van der Waals surface area contributed by atoms with Crippen molar-refractivity contribution < 1.29 is 9.59 Å². The number of hydrogen-bond acceptors (Lipinski definition) is 4. The van der Waals surface area contributed by atoms with Crippen LogP contribution in [0.1, 0.15) is 51.3 Å². The van der Waals surface area contributed by atoms with Crippen molar-refractivity contribution in [2.75, 3.05) is 9.80 Å². The molecule has 33 heavy (non-hydrogen) atoms. The van der Waals surface area contributed by atoms with Crippen molar-refractivity contribution in [3.63, 3.8) is 0 Å². The topological polar surface area (TPSA) is 52.7 Å². The fourth-order valence-electron chi connectivity index (χ4n) is 4.96. The van der Waals surface area contributed by atoms with Crippen LogP contribution in [0.25, 0.3) is 11.6 Å². The van der Waals surface area contributed by atoms with Gasteiger partial charge in [0, 0.05) is 17.3 Å². The van der Waals surface area contributed by atoms with Crippen LogP contribution in [-0.2, 0) is 9.59 Å². The minimum atomic E-state index is -0.482. The molecule has 0 aromatic heterocycles. The predicted octanol–water partition coefficient (Wildman–Crippen LogP) is 5.24. The summed E-state index contributed by atoms with van der Waals surface area (Å²) in [5.41, 5.74) is 5.74. The maximum Gasteiger partial charge on any atom is 0.270 e. The van der Waals surface area contributed by atoms with Gasteiger partial charge in [0.1, 0.15) is 5.57 Å². The number of carbonyl (C=O) groups is 2. The zero-order chi connectivity index (χ0) is 24.1. The molecule has 0 aliphatic carbocycles. The standard InChI is InChI=1S/C27H29N3O2S/c1-16(2)30-23-12-11-19(13-20(23)18(4)15-27(30,5)6)14-21-24(31)28-26(33)29(25(21)32)22-10-8-7-9-17(22)3/h7-16H,1-6H3,(H,28,31,33)/b21-14+. The Hall–Kier alpha value is -3.25. The molecule has 0 atom stereocenters. The van der Waals surface area contributed by atoms with E-state index in [2.05, 4.69) is 57.0 Å². The number of para-hydroxylation sites is 1. The van der Waals surface area contributed by atoms with E-state index in [0.29, 0.717) is 11.7 Å². The van der Waals surface area contributed by atoms with Gasteiger partial charge >= 0.3 is 0 Å². The summed E-state index contributed by atoms with van der Waals surface area (Å²) in [6.45, 7) is 12.8. The third-order valence-corrected chi connectivity index (χ3v) is 6.47. The molecule has 170 valence electrons. The van der Waals surface area contributed by atoms with Crippen LogP contribution in [0.4, 0.5) is 11.4 Å². The first kappa shape index (κ1) is 22.9.